The van der Waals surface area contributed by atoms with E-state index in [1.807, 2.05) is 0 Å². The standard InChI is InChI=1S/C12H19N3S/c1-10-13-11(9-16-10)7-14-5-6-15-4-2-3-12(15)8-14/h9,12H,2-8H2,1H3. The van der Waals surface area contributed by atoms with Crippen molar-refractivity contribution in [2.45, 2.75) is 32.4 Å². The molecule has 1 atom stereocenters. The van der Waals surface area contributed by atoms with Gasteiger partial charge in [-0.15, -0.1) is 11.3 Å². The van der Waals surface area contributed by atoms with Gasteiger partial charge in [-0.05, 0) is 26.3 Å². The van der Waals surface area contributed by atoms with Gasteiger partial charge in [0.1, 0.15) is 0 Å². The first kappa shape index (κ1) is 10.7. The van der Waals surface area contributed by atoms with Gasteiger partial charge in [0.05, 0.1) is 10.7 Å². The van der Waals surface area contributed by atoms with Crippen LogP contribution >= 0.6 is 11.3 Å². The van der Waals surface area contributed by atoms with Gasteiger partial charge >= 0.3 is 0 Å². The van der Waals surface area contributed by atoms with E-state index in [9.17, 15) is 0 Å². The number of hydrogen-bond donors (Lipinski definition) is 0. The maximum Gasteiger partial charge on any atom is 0.0897 e. The van der Waals surface area contributed by atoms with E-state index in [4.69, 9.17) is 0 Å². The third-order valence-corrected chi connectivity index (χ3v) is 4.55. The van der Waals surface area contributed by atoms with Crippen LogP contribution in [0.1, 0.15) is 23.5 Å². The summed E-state index contributed by atoms with van der Waals surface area (Å²) in [6.45, 7) is 8.18. The second-order valence-corrected chi connectivity index (χ2v) is 5.99. The normalized spacial score (nSPS) is 27.2. The Morgan fingerprint density at radius 3 is 3.19 bits per heavy atom. The summed E-state index contributed by atoms with van der Waals surface area (Å²) in [6.07, 6.45) is 2.79. The minimum Gasteiger partial charge on any atom is -0.298 e. The molecule has 3 rings (SSSR count). The number of nitrogens with zero attached hydrogens (tertiary/aromatic N) is 3. The van der Waals surface area contributed by atoms with E-state index in [-0.39, 0.29) is 0 Å². The molecule has 2 saturated heterocycles. The highest BCUT2D eigenvalue weighted by atomic mass is 32.1. The van der Waals surface area contributed by atoms with Crippen molar-refractivity contribution in [1.82, 2.24) is 14.8 Å². The fraction of sp³-hybridized carbons (Fsp3) is 0.750. The Bertz CT molecular complexity index is 363. The molecule has 3 nitrogen and oxygen atoms in total. The van der Waals surface area contributed by atoms with E-state index in [1.165, 1.54) is 49.7 Å². The first-order valence-corrected chi connectivity index (χ1v) is 7.06. The number of hydrogen-bond acceptors (Lipinski definition) is 4. The topological polar surface area (TPSA) is 19.4 Å². The maximum atomic E-state index is 4.55. The van der Waals surface area contributed by atoms with Gasteiger partial charge in [0.25, 0.3) is 0 Å². The van der Waals surface area contributed by atoms with Crippen LogP contribution in [0.25, 0.3) is 0 Å². The smallest absolute Gasteiger partial charge is 0.0897 e. The van der Waals surface area contributed by atoms with Crippen LogP contribution in [0.3, 0.4) is 0 Å². The molecular weight excluding hydrogens is 218 g/mol. The lowest BCUT2D eigenvalue weighted by atomic mass is 10.1. The summed E-state index contributed by atoms with van der Waals surface area (Å²) in [7, 11) is 0. The van der Waals surface area contributed by atoms with E-state index >= 15 is 0 Å². The van der Waals surface area contributed by atoms with Gasteiger partial charge in [0, 0.05) is 37.6 Å². The molecule has 16 heavy (non-hydrogen) atoms. The fourth-order valence-electron chi connectivity index (χ4n) is 2.91. The minimum atomic E-state index is 0.827. The van der Waals surface area contributed by atoms with Crippen molar-refractivity contribution in [1.29, 1.82) is 0 Å². The largest absolute Gasteiger partial charge is 0.298 e. The fourth-order valence-corrected chi connectivity index (χ4v) is 3.51. The molecule has 0 amide bonds. The average molecular weight is 237 g/mol. The second-order valence-electron chi connectivity index (χ2n) is 4.92. The van der Waals surface area contributed by atoms with Crippen LogP contribution in [0.5, 0.6) is 0 Å². The molecule has 0 spiro atoms. The number of aromatic nitrogens is 1. The van der Waals surface area contributed by atoms with Crippen molar-refractivity contribution in [2.24, 2.45) is 0 Å². The summed E-state index contributed by atoms with van der Waals surface area (Å²) in [5.74, 6) is 0. The predicted molar refractivity (Wildman–Crippen MR) is 66.7 cm³/mol. The first-order chi connectivity index (χ1) is 7.81. The number of fused-ring (bicyclic) bond motifs is 1. The molecule has 2 fully saturated rings. The molecule has 0 radical (unpaired) electrons. The quantitative estimate of drug-likeness (QED) is 0.781. The Balaban J connectivity index is 1.60. The van der Waals surface area contributed by atoms with Crippen LogP contribution in [0, 0.1) is 6.92 Å². The molecule has 4 heteroatoms. The third kappa shape index (κ3) is 2.14. The van der Waals surface area contributed by atoms with Gasteiger partial charge in [0.2, 0.25) is 0 Å². The van der Waals surface area contributed by atoms with E-state index < -0.39 is 0 Å². The Kier molecular flexibility index (Phi) is 2.96. The van der Waals surface area contributed by atoms with Crippen LogP contribution in [0.4, 0.5) is 0 Å². The summed E-state index contributed by atoms with van der Waals surface area (Å²) in [4.78, 5) is 9.78. The molecule has 0 bridgehead atoms. The lowest BCUT2D eigenvalue weighted by Crippen LogP contribution is -2.49. The molecule has 0 N–H and O–H groups in total. The molecule has 88 valence electrons. The zero-order chi connectivity index (χ0) is 11.0. The van der Waals surface area contributed by atoms with Crippen LogP contribution in [0.2, 0.25) is 0 Å². The Hall–Kier alpha value is -0.450. The first-order valence-electron chi connectivity index (χ1n) is 6.19. The lowest BCUT2D eigenvalue weighted by molar-refractivity contribution is 0.0986. The van der Waals surface area contributed by atoms with Crippen molar-refractivity contribution in [3.8, 4) is 0 Å². The summed E-state index contributed by atoms with van der Waals surface area (Å²) in [5, 5.41) is 3.39. The number of piperazine rings is 1. The van der Waals surface area contributed by atoms with Crippen LogP contribution in [-0.4, -0.2) is 47.0 Å². The van der Waals surface area contributed by atoms with E-state index in [1.54, 1.807) is 11.3 Å². The van der Waals surface area contributed by atoms with E-state index in [0.29, 0.717) is 0 Å². The summed E-state index contributed by atoms with van der Waals surface area (Å²) < 4.78 is 0. The van der Waals surface area contributed by atoms with Crippen molar-refractivity contribution >= 4 is 11.3 Å². The van der Waals surface area contributed by atoms with Crippen LogP contribution in [0.15, 0.2) is 5.38 Å². The third-order valence-electron chi connectivity index (χ3n) is 3.72. The molecule has 2 aliphatic heterocycles. The lowest BCUT2D eigenvalue weighted by Gasteiger charge is -2.37. The Morgan fingerprint density at radius 2 is 2.38 bits per heavy atom. The van der Waals surface area contributed by atoms with Crippen molar-refractivity contribution < 1.29 is 0 Å². The van der Waals surface area contributed by atoms with Gasteiger partial charge in [0.15, 0.2) is 0 Å². The molecule has 2 aliphatic rings. The van der Waals surface area contributed by atoms with Crippen LogP contribution < -0.4 is 0 Å². The van der Waals surface area contributed by atoms with Gasteiger partial charge in [-0.1, -0.05) is 0 Å². The average Bonchev–Trinajstić information content (AvgIpc) is 2.87. The minimum absolute atomic E-state index is 0.827. The molecule has 1 aromatic heterocycles. The Morgan fingerprint density at radius 1 is 1.44 bits per heavy atom. The monoisotopic (exact) mass is 237 g/mol. The zero-order valence-electron chi connectivity index (χ0n) is 9.85. The summed E-state index contributed by atoms with van der Waals surface area (Å²) in [5.41, 5.74) is 1.26. The predicted octanol–water partition coefficient (Wildman–Crippen LogP) is 1.73. The molecule has 0 aliphatic carbocycles. The molecule has 1 aromatic rings. The molecule has 1 unspecified atom stereocenters. The van der Waals surface area contributed by atoms with E-state index in [0.717, 1.165) is 12.6 Å². The molecular formula is C12H19N3S. The molecule has 3 heterocycles. The number of thiazole rings is 1. The zero-order valence-corrected chi connectivity index (χ0v) is 10.7. The highest BCUT2D eigenvalue weighted by Crippen LogP contribution is 2.22. The van der Waals surface area contributed by atoms with Crippen molar-refractivity contribution in [3.05, 3.63) is 16.1 Å². The second kappa shape index (κ2) is 4.43. The van der Waals surface area contributed by atoms with Crippen molar-refractivity contribution in [2.75, 3.05) is 26.2 Å². The van der Waals surface area contributed by atoms with Gasteiger partial charge in [-0.2, -0.15) is 0 Å². The van der Waals surface area contributed by atoms with Crippen molar-refractivity contribution in [3.63, 3.8) is 0 Å². The Labute approximate surface area is 101 Å². The number of rotatable bonds is 2. The van der Waals surface area contributed by atoms with Gasteiger partial charge in [-0.25, -0.2) is 4.98 Å². The molecule has 0 saturated carbocycles. The van der Waals surface area contributed by atoms with Gasteiger partial charge in [-0.3, -0.25) is 9.80 Å². The van der Waals surface area contributed by atoms with Gasteiger partial charge < -0.3 is 0 Å². The SMILES string of the molecule is Cc1nc(CN2CCN3CCCC3C2)cs1. The highest BCUT2D eigenvalue weighted by Gasteiger charge is 2.30. The summed E-state index contributed by atoms with van der Waals surface area (Å²) in [6, 6.07) is 0.827. The van der Waals surface area contributed by atoms with E-state index in [2.05, 4.69) is 27.1 Å². The highest BCUT2D eigenvalue weighted by molar-refractivity contribution is 7.09. The summed E-state index contributed by atoms with van der Waals surface area (Å²) >= 11 is 1.76. The van der Waals surface area contributed by atoms with Crippen LogP contribution in [-0.2, 0) is 6.54 Å². The maximum absolute atomic E-state index is 4.55. The molecule has 0 aromatic carbocycles. The number of aryl methyl sites for hydroxylation is 1.